The molecule has 2 rings (SSSR count). The molecule has 0 bridgehead atoms. The molecular weight excluding hydrogens is 260 g/mol. The van der Waals surface area contributed by atoms with E-state index in [9.17, 15) is 0 Å². The lowest BCUT2D eigenvalue weighted by atomic mass is 10.1. The number of halogens is 1. The van der Waals surface area contributed by atoms with Crippen LogP contribution in [0.5, 0.6) is 0 Å². The highest BCUT2D eigenvalue weighted by Gasteiger charge is 1.94. The predicted molar refractivity (Wildman–Crippen MR) is 71.2 cm³/mol. The molecule has 0 saturated carbocycles. The van der Waals surface area contributed by atoms with Crippen molar-refractivity contribution in [2.45, 2.75) is 6.42 Å². The summed E-state index contributed by atoms with van der Waals surface area (Å²) in [7, 11) is 0. The van der Waals surface area contributed by atoms with Crippen LogP contribution in [0.15, 0.2) is 59.1 Å². The molecule has 1 heteroatoms. The van der Waals surface area contributed by atoms with Crippen molar-refractivity contribution in [1.29, 1.82) is 0 Å². The summed E-state index contributed by atoms with van der Waals surface area (Å²) in [5, 5.41) is 0. The van der Waals surface area contributed by atoms with Gasteiger partial charge in [-0.25, -0.2) is 0 Å². The third kappa shape index (κ3) is 2.98. The summed E-state index contributed by atoms with van der Waals surface area (Å²) in [5.41, 5.74) is 2.29. The molecule has 0 unspecified atom stereocenters. The molecule has 0 heterocycles. The Balaban J connectivity index is 2.09. The molecule has 0 spiro atoms. The Hall–Kier alpha value is -1.52. The number of hydrogen-bond acceptors (Lipinski definition) is 0. The van der Waals surface area contributed by atoms with Gasteiger partial charge in [-0.05, 0) is 23.8 Å². The summed E-state index contributed by atoms with van der Waals surface area (Å²) in [4.78, 5) is 0. The lowest BCUT2D eigenvalue weighted by Gasteiger charge is -1.97. The zero-order chi connectivity index (χ0) is 11.2. The Labute approximate surface area is 104 Å². The quantitative estimate of drug-likeness (QED) is 0.686. The van der Waals surface area contributed by atoms with Crippen LogP contribution in [0.2, 0.25) is 0 Å². The Morgan fingerprint density at radius 1 is 0.875 bits per heavy atom. The fourth-order valence-electron chi connectivity index (χ4n) is 1.40. The molecule has 0 atom stereocenters. The van der Waals surface area contributed by atoms with Gasteiger partial charge in [0.25, 0.3) is 0 Å². The van der Waals surface area contributed by atoms with Crippen LogP contribution in [0.3, 0.4) is 0 Å². The van der Waals surface area contributed by atoms with Crippen molar-refractivity contribution in [3.8, 4) is 11.8 Å². The third-order valence-electron chi connectivity index (χ3n) is 2.24. The van der Waals surface area contributed by atoms with Crippen molar-refractivity contribution in [2.24, 2.45) is 0 Å². The summed E-state index contributed by atoms with van der Waals surface area (Å²) in [5.74, 6) is 6.33. The Morgan fingerprint density at radius 3 is 2.31 bits per heavy atom. The van der Waals surface area contributed by atoms with Crippen LogP contribution >= 0.6 is 15.9 Å². The normalized spacial score (nSPS) is 9.31. The highest BCUT2D eigenvalue weighted by molar-refractivity contribution is 9.10. The van der Waals surface area contributed by atoms with Gasteiger partial charge in [0.1, 0.15) is 0 Å². The van der Waals surface area contributed by atoms with E-state index in [0.29, 0.717) is 0 Å². The topological polar surface area (TPSA) is 0 Å². The molecule has 0 aliphatic heterocycles. The molecule has 0 aliphatic carbocycles. The maximum Gasteiger partial charge on any atom is 0.0355 e. The van der Waals surface area contributed by atoms with Crippen molar-refractivity contribution in [2.75, 3.05) is 0 Å². The van der Waals surface area contributed by atoms with Crippen molar-refractivity contribution < 1.29 is 0 Å². The van der Waals surface area contributed by atoms with Gasteiger partial charge in [-0.15, -0.1) is 0 Å². The van der Waals surface area contributed by atoms with Gasteiger partial charge in [0.15, 0.2) is 0 Å². The molecule has 0 saturated heterocycles. The largest absolute Gasteiger partial charge is 0.0931 e. The molecule has 2 aromatic rings. The minimum atomic E-state index is 0.774. The van der Waals surface area contributed by atoms with Gasteiger partial charge >= 0.3 is 0 Å². The molecule has 0 fully saturated rings. The molecule has 78 valence electrons. The molecule has 0 aromatic heterocycles. The average Bonchev–Trinajstić information content (AvgIpc) is 2.33. The van der Waals surface area contributed by atoms with Gasteiger partial charge in [-0.2, -0.15) is 0 Å². The minimum absolute atomic E-state index is 0.774. The van der Waals surface area contributed by atoms with Gasteiger partial charge in [0.05, 0.1) is 0 Å². The highest BCUT2D eigenvalue weighted by atomic mass is 79.9. The molecule has 16 heavy (non-hydrogen) atoms. The summed E-state index contributed by atoms with van der Waals surface area (Å²) in [6, 6.07) is 18.2. The summed E-state index contributed by atoms with van der Waals surface area (Å²) >= 11 is 3.51. The van der Waals surface area contributed by atoms with Crippen molar-refractivity contribution in [3.63, 3.8) is 0 Å². The van der Waals surface area contributed by atoms with E-state index >= 15 is 0 Å². The molecule has 0 radical (unpaired) electrons. The maximum atomic E-state index is 3.51. The maximum absolute atomic E-state index is 3.51. The molecule has 0 aliphatic rings. The lowest BCUT2D eigenvalue weighted by molar-refractivity contribution is 1.29. The molecular formula is C15H11Br. The van der Waals surface area contributed by atoms with Gasteiger partial charge < -0.3 is 0 Å². The first kappa shape index (κ1) is 11.0. The van der Waals surface area contributed by atoms with E-state index in [1.807, 2.05) is 48.5 Å². The first-order valence-electron chi connectivity index (χ1n) is 5.13. The van der Waals surface area contributed by atoms with Crippen LogP contribution in [0.4, 0.5) is 0 Å². The van der Waals surface area contributed by atoms with Crippen LogP contribution in [0.1, 0.15) is 11.1 Å². The second-order valence-electron chi connectivity index (χ2n) is 3.44. The number of hydrogen-bond donors (Lipinski definition) is 0. The van der Waals surface area contributed by atoms with E-state index in [2.05, 4.69) is 33.8 Å². The van der Waals surface area contributed by atoms with Crippen LogP contribution in [0, 0.1) is 11.8 Å². The predicted octanol–water partition coefficient (Wildman–Crippen LogP) is 4.04. The Bertz CT molecular complexity index is 518. The van der Waals surface area contributed by atoms with Gasteiger partial charge in [-0.1, -0.05) is 64.2 Å². The first-order valence-corrected chi connectivity index (χ1v) is 5.93. The van der Waals surface area contributed by atoms with Gasteiger partial charge in [0.2, 0.25) is 0 Å². The molecule has 0 amide bonds. The number of benzene rings is 2. The summed E-state index contributed by atoms with van der Waals surface area (Å²) in [6.07, 6.45) is 0.774. The van der Waals surface area contributed by atoms with E-state index in [-0.39, 0.29) is 0 Å². The molecule has 2 aromatic carbocycles. The number of rotatable bonds is 1. The molecule has 0 nitrogen and oxygen atoms in total. The van der Waals surface area contributed by atoms with E-state index in [1.54, 1.807) is 0 Å². The Kier molecular flexibility index (Phi) is 3.80. The van der Waals surface area contributed by atoms with E-state index < -0.39 is 0 Å². The van der Waals surface area contributed by atoms with E-state index in [1.165, 1.54) is 5.56 Å². The fraction of sp³-hybridized carbons (Fsp3) is 0.0667. The summed E-state index contributed by atoms with van der Waals surface area (Å²) in [6.45, 7) is 0. The average molecular weight is 271 g/mol. The standard InChI is InChI=1S/C15H11Br/c16-15-12-5-4-10-14(15)11-6-9-13-7-2-1-3-8-13/h1-5,7-8,10,12H,11H2. The van der Waals surface area contributed by atoms with Crippen LogP contribution in [-0.2, 0) is 6.42 Å². The lowest BCUT2D eigenvalue weighted by Crippen LogP contribution is -1.82. The monoisotopic (exact) mass is 270 g/mol. The van der Waals surface area contributed by atoms with Crippen LogP contribution < -0.4 is 0 Å². The van der Waals surface area contributed by atoms with Crippen LogP contribution in [0.25, 0.3) is 0 Å². The van der Waals surface area contributed by atoms with E-state index in [4.69, 9.17) is 0 Å². The Morgan fingerprint density at radius 2 is 1.56 bits per heavy atom. The van der Waals surface area contributed by atoms with Crippen molar-refractivity contribution in [3.05, 3.63) is 70.2 Å². The van der Waals surface area contributed by atoms with Crippen molar-refractivity contribution in [1.82, 2.24) is 0 Å². The zero-order valence-corrected chi connectivity index (χ0v) is 10.4. The van der Waals surface area contributed by atoms with E-state index in [0.717, 1.165) is 16.5 Å². The van der Waals surface area contributed by atoms with Gasteiger partial charge in [0, 0.05) is 16.5 Å². The third-order valence-corrected chi connectivity index (χ3v) is 3.02. The summed E-state index contributed by atoms with van der Waals surface area (Å²) < 4.78 is 1.12. The smallest absolute Gasteiger partial charge is 0.0355 e. The fourth-order valence-corrected chi connectivity index (χ4v) is 1.83. The second kappa shape index (κ2) is 5.53. The van der Waals surface area contributed by atoms with Gasteiger partial charge in [-0.3, -0.25) is 0 Å². The minimum Gasteiger partial charge on any atom is -0.0931 e. The highest BCUT2D eigenvalue weighted by Crippen LogP contribution is 2.15. The zero-order valence-electron chi connectivity index (χ0n) is 8.78. The molecule has 0 N–H and O–H groups in total. The SMILES string of the molecule is Brc1ccccc1CC#Cc1ccccc1. The second-order valence-corrected chi connectivity index (χ2v) is 4.29. The van der Waals surface area contributed by atoms with Crippen molar-refractivity contribution >= 4 is 15.9 Å². The van der Waals surface area contributed by atoms with Crippen LogP contribution in [-0.4, -0.2) is 0 Å². The first-order chi connectivity index (χ1) is 7.86.